The summed E-state index contributed by atoms with van der Waals surface area (Å²) in [6.07, 6.45) is 7.94. The Hall–Kier alpha value is -10.1. The van der Waals surface area contributed by atoms with Crippen LogP contribution in [-0.4, -0.2) is 254 Å². The minimum Gasteiger partial charge on any atom is -0.447 e. The van der Waals surface area contributed by atoms with Crippen molar-refractivity contribution >= 4 is 107 Å². The van der Waals surface area contributed by atoms with Crippen molar-refractivity contribution in [1.29, 1.82) is 0 Å². The van der Waals surface area contributed by atoms with Crippen molar-refractivity contribution in [3.63, 3.8) is 0 Å². The smallest absolute Gasteiger partial charge is 0.407 e. The normalized spacial score (nSPS) is 24.8. The molecule has 3 aliphatic heterocycles. The number of fused-ring (bicyclic) bond motifs is 3. The van der Waals surface area contributed by atoms with E-state index in [-0.39, 0.29) is 95.2 Å². The Balaban J connectivity index is 0.000000244. The molecule has 0 bridgehead atoms. The van der Waals surface area contributed by atoms with Gasteiger partial charge in [0, 0.05) is 40.3 Å². The zero-order valence-corrected chi connectivity index (χ0v) is 82.4. The van der Waals surface area contributed by atoms with Gasteiger partial charge in [-0.1, -0.05) is 204 Å². The van der Waals surface area contributed by atoms with Crippen LogP contribution in [0.1, 0.15) is 236 Å². The van der Waals surface area contributed by atoms with Crippen LogP contribution in [-0.2, 0) is 71.7 Å². The van der Waals surface area contributed by atoms with Crippen LogP contribution < -0.4 is 81.0 Å². The van der Waals surface area contributed by atoms with Crippen molar-refractivity contribution in [3.8, 4) is 0 Å². The van der Waals surface area contributed by atoms with E-state index in [2.05, 4.69) is 63.8 Å². The lowest BCUT2D eigenvalue weighted by Gasteiger charge is -2.38. The first-order valence-corrected chi connectivity index (χ1v) is 46.9. The average molecular weight is 1860 g/mol. The van der Waals surface area contributed by atoms with Crippen molar-refractivity contribution in [2.45, 2.75) is 309 Å². The molecule has 10 aliphatic rings. The number of ketones is 3. The maximum absolute atomic E-state index is 14.2. The second-order valence-electron chi connectivity index (χ2n) is 46.0. The largest absolute Gasteiger partial charge is 0.447 e. The Morgan fingerprint density at radius 3 is 0.864 bits per heavy atom. The predicted octanol–water partition coefficient (Wildman–Crippen LogP) is 4.66. The van der Waals surface area contributed by atoms with E-state index in [1.165, 1.54) is 28.8 Å². The molecule has 0 aromatic rings. The highest BCUT2D eigenvalue weighted by molar-refractivity contribution is 6.39. The van der Waals surface area contributed by atoms with Gasteiger partial charge in [-0.15, -0.1) is 0 Å². The number of hydrogen-bond acceptors (Lipinski definition) is 21. The maximum atomic E-state index is 14.2. The molecule has 18 N–H and O–H groups in total. The van der Waals surface area contributed by atoms with Gasteiger partial charge in [-0.3, -0.25) is 57.5 Å². The van der Waals surface area contributed by atoms with E-state index in [0.717, 1.165) is 57.8 Å². The highest BCUT2D eigenvalue weighted by atomic mass is 16.6. The number of piperidine rings is 3. The summed E-state index contributed by atoms with van der Waals surface area (Å²) < 4.78 is 15.7. The fourth-order valence-electron chi connectivity index (χ4n) is 18.9. The zero-order chi connectivity index (χ0) is 99.4. The van der Waals surface area contributed by atoms with Crippen molar-refractivity contribution in [1.82, 2.24) is 78.5 Å². The van der Waals surface area contributed by atoms with Crippen molar-refractivity contribution in [2.75, 3.05) is 60.1 Å². The van der Waals surface area contributed by atoms with Gasteiger partial charge in [-0.05, 0) is 141 Å². The molecule has 18 amide bonds. The van der Waals surface area contributed by atoms with Gasteiger partial charge < -0.3 is 110 Å². The molecule has 0 aromatic heterocycles. The predicted molar refractivity (Wildman–Crippen MR) is 487 cm³/mol. The Labute approximate surface area is 776 Å². The molecule has 3 heterocycles. The van der Waals surface area contributed by atoms with Gasteiger partial charge in [-0.25, -0.2) is 28.8 Å². The summed E-state index contributed by atoms with van der Waals surface area (Å²) in [5.74, 6) is -7.58. The first kappa shape index (κ1) is 107. The van der Waals surface area contributed by atoms with Crippen LogP contribution in [0.3, 0.4) is 0 Å². The number of nitrogens with one attached hydrogen (secondary N) is 12. The lowest BCUT2D eigenvalue weighted by Crippen LogP contribution is -2.62. The number of Topliss-reactive ketones (excluding diaryl/α,β-unsaturated/α-hetero) is 3. The summed E-state index contributed by atoms with van der Waals surface area (Å²) in [4.78, 5) is 237. The molecule has 39 nitrogen and oxygen atoms in total. The number of ether oxygens (including phenoxy) is 3. The fourth-order valence-corrected chi connectivity index (χ4v) is 18.9. The van der Waals surface area contributed by atoms with Crippen molar-refractivity contribution < 1.29 is 101 Å². The number of carbonyl (C=O) groups excluding carboxylic acids is 18. The summed E-state index contributed by atoms with van der Waals surface area (Å²) in [5.41, 5.74) is 12.2. The van der Waals surface area contributed by atoms with E-state index in [1.807, 2.05) is 159 Å². The second-order valence-corrected chi connectivity index (χ2v) is 46.0. The van der Waals surface area contributed by atoms with E-state index in [0.29, 0.717) is 51.4 Å². The van der Waals surface area contributed by atoms with Gasteiger partial charge in [0.25, 0.3) is 17.7 Å². The maximum Gasteiger partial charge on any atom is 0.407 e. The number of alkyl carbamates (subject to hydrolysis) is 3. The quantitative estimate of drug-likeness (QED) is 0.0299. The number of rotatable bonds is 36. The Morgan fingerprint density at radius 1 is 0.356 bits per heavy atom. The van der Waals surface area contributed by atoms with Crippen LogP contribution in [0.25, 0.3) is 0 Å². The number of nitrogens with zero attached hydrogens (tertiary/aromatic N) is 3. The summed E-state index contributed by atoms with van der Waals surface area (Å²) in [5, 5.41) is 32.8. The van der Waals surface area contributed by atoms with Crippen LogP contribution in [0, 0.1) is 108 Å². The molecule has 0 radical (unpaired) electrons. The van der Waals surface area contributed by atoms with Gasteiger partial charge in [0.2, 0.25) is 52.8 Å². The Morgan fingerprint density at radius 2 is 0.629 bits per heavy atom. The third kappa shape index (κ3) is 27.3. The Kier molecular flexibility index (Phi) is 33.9. The summed E-state index contributed by atoms with van der Waals surface area (Å²) in [7, 11) is 2.88. The number of nitrogens with two attached hydrogens (primary N) is 3. The summed E-state index contributed by atoms with van der Waals surface area (Å²) in [6, 6.07) is -12.2. The number of carbonyl (C=O) groups is 18. The fraction of sp³-hybridized carbons (Fsp3) is 0.806. The third-order valence-electron chi connectivity index (χ3n) is 29.0. The van der Waals surface area contributed by atoms with Crippen molar-refractivity contribution in [3.05, 3.63) is 0 Å². The highest BCUT2D eigenvalue weighted by Gasteiger charge is 2.73. The van der Waals surface area contributed by atoms with E-state index in [4.69, 9.17) is 31.4 Å². The van der Waals surface area contributed by atoms with Crippen LogP contribution >= 0.6 is 0 Å². The molecule has 0 spiro atoms. The topological polar surface area (TPSA) is 567 Å². The van der Waals surface area contributed by atoms with Crippen LogP contribution in [0.4, 0.5) is 28.8 Å². The van der Waals surface area contributed by atoms with Crippen molar-refractivity contribution in [2.24, 2.45) is 126 Å². The standard InChI is InChI=1S/C32H52N6O7.C31H52N6O7.C30H50N6O7/c1-16(2)21(15-45-30(44)34-13-18-10-11-18)36-29(43)37-25(31(3,4)5)28(42)38-14-19-22(32(19,6)7)23(38)27(41)35-20(12-17-8-9-17)24(39)26(33)40;1-29(2,3)19(15-44-28(43)33-9)35-27(42)36-23(30(4,5)6)26(41)37-14-17-20(31(17,7)8)21(37)25(40)34-18(22(38)24(32)39)13-16-11-10-12-16;1-28(2,3)18(14-43-27(42)32-9)34-26(41)35-22(29(4,5)6)25(40)36-13-16-19(30(16,7)8)20(36)24(39)33-17(12-15-10-11-15)21(37)23(31)38/h16-23,25H,8-15H2,1-7H3,(H2,33,40)(H,34,44)(H,35,41)(H2,36,37,43);16-21,23H,10-15H2,1-9H3,(H2,32,39)(H,33,43)(H,34,40)(H2,35,36,42);15-20,22H,10-14H2,1-9H3,(H2,31,38)(H,32,42)(H,33,39)(H2,34,35,41)/t19-,20?,21+,22-,23-,25+;17-,18?,19+,20-,21-,23+;16-,17?,18+,19-,20-,22+/m000/s1. The monoisotopic (exact) mass is 1860 g/mol. The molecule has 3 unspecified atom stereocenters. The zero-order valence-electron chi connectivity index (χ0n) is 82.4. The molecule has 10 fully saturated rings. The van der Waals surface area contributed by atoms with Crippen LogP contribution in [0.5, 0.6) is 0 Å². The van der Waals surface area contributed by atoms with E-state index in [9.17, 15) is 86.3 Å². The number of likely N-dealkylation sites (tertiary alicyclic amines) is 3. The van der Waals surface area contributed by atoms with Gasteiger partial charge >= 0.3 is 36.4 Å². The first-order valence-electron chi connectivity index (χ1n) is 46.9. The van der Waals surface area contributed by atoms with E-state index in [1.54, 1.807) is 0 Å². The molecule has 39 heteroatoms. The molecule has 0 aromatic carbocycles. The SMILES string of the molecule is CC(C)[C@@H](COC(=O)NCC1CC1)NC(=O)N[C@H](C(=O)N1C[C@H]2[C@@H]([C@H]1C(=O)NC(CC1CC1)C(=O)C(N)=O)C2(C)C)C(C)(C)C.CNC(=O)OC[C@@H](NC(=O)N[C@H](C(=O)N1C[C@H]2[C@@H]([C@H]1C(=O)NC(CC1CC1)C(=O)C(N)=O)C2(C)C)C(C)(C)C)C(C)(C)C.CNC(=O)OC[C@@H](NC(=O)N[C@H](C(=O)N1C[C@H]2[C@@H]([C@H]1C(=O)NC(CC1CCC1)C(=O)C(N)=O)C2(C)C)C(C)(C)C)C(C)(C)C. The second kappa shape index (κ2) is 41.8. The first-order chi connectivity index (χ1) is 60.8. The molecular weight excluding hydrogens is 1710 g/mol. The minimum atomic E-state index is -1.10. The number of hydrogen-bond donors (Lipinski definition) is 15. The summed E-state index contributed by atoms with van der Waals surface area (Å²) in [6.45, 7) is 45.2. The van der Waals surface area contributed by atoms with E-state index >= 15 is 0 Å². The summed E-state index contributed by atoms with van der Waals surface area (Å²) >= 11 is 0. The van der Waals surface area contributed by atoms with Gasteiger partial charge in [0.1, 0.15) is 56.1 Å². The number of primary amides is 3. The molecule has 742 valence electrons. The number of urea groups is 3. The van der Waals surface area contributed by atoms with Crippen LogP contribution in [0.15, 0.2) is 0 Å². The molecule has 3 saturated heterocycles. The molecule has 10 rings (SSSR count). The third-order valence-corrected chi connectivity index (χ3v) is 29.0. The average Bonchev–Trinajstić information content (AvgIpc) is 1.53. The molecule has 7 saturated carbocycles. The molecule has 132 heavy (non-hydrogen) atoms. The minimum absolute atomic E-state index is 0.0332. The van der Waals surface area contributed by atoms with Gasteiger partial charge in [-0.2, -0.15) is 0 Å². The highest BCUT2D eigenvalue weighted by Crippen LogP contribution is 2.67. The lowest BCUT2D eigenvalue weighted by atomic mass is 9.80. The van der Waals surface area contributed by atoms with Gasteiger partial charge in [0.15, 0.2) is 0 Å². The number of amides is 18. The molecule has 7 aliphatic carbocycles. The van der Waals surface area contributed by atoms with E-state index < -0.39 is 206 Å². The molecular formula is C93H154N18O21. The van der Waals surface area contributed by atoms with Gasteiger partial charge in [0.05, 0.1) is 36.3 Å². The van der Waals surface area contributed by atoms with Crippen LogP contribution in [0.2, 0.25) is 0 Å². The molecule has 18 atom stereocenters. The lowest BCUT2D eigenvalue weighted by molar-refractivity contribution is -0.145. The Bertz CT molecular complexity index is 4330.